The van der Waals surface area contributed by atoms with Gasteiger partial charge < -0.3 is 0 Å². The van der Waals surface area contributed by atoms with Crippen LogP contribution >= 0.6 is 0 Å². The molecule has 0 radical (unpaired) electrons. The lowest BCUT2D eigenvalue weighted by atomic mass is 9.67. The van der Waals surface area contributed by atoms with E-state index in [2.05, 4.69) is 56.8 Å². The standard InChI is InChI=1S/C19H27N/c1-6-13-20(5)18-11-12-19(4,8-3)17-14-15(7-2)9-10-16(17)18/h2,9-10,14,18H,6,8,11-13H2,1,3-5H3. The minimum Gasteiger partial charge on any atom is -0.299 e. The molecular formula is C19H27N. The Hall–Kier alpha value is -1.26. The van der Waals surface area contributed by atoms with E-state index in [1.165, 1.54) is 36.8 Å². The van der Waals surface area contributed by atoms with Gasteiger partial charge in [-0.15, -0.1) is 6.42 Å². The molecule has 0 heterocycles. The van der Waals surface area contributed by atoms with Crippen molar-refractivity contribution < 1.29 is 0 Å². The molecule has 0 saturated carbocycles. The molecule has 2 atom stereocenters. The largest absolute Gasteiger partial charge is 0.299 e. The second kappa shape index (κ2) is 6.02. The Labute approximate surface area is 124 Å². The molecule has 2 rings (SSSR count). The van der Waals surface area contributed by atoms with E-state index in [-0.39, 0.29) is 5.41 Å². The first kappa shape index (κ1) is 15.1. The van der Waals surface area contributed by atoms with Gasteiger partial charge in [-0.3, -0.25) is 4.90 Å². The van der Waals surface area contributed by atoms with E-state index in [1.807, 2.05) is 0 Å². The van der Waals surface area contributed by atoms with E-state index in [1.54, 1.807) is 0 Å². The number of hydrogen-bond acceptors (Lipinski definition) is 1. The zero-order chi connectivity index (χ0) is 14.8. The fourth-order valence-electron chi connectivity index (χ4n) is 3.54. The van der Waals surface area contributed by atoms with E-state index in [0.717, 1.165) is 12.1 Å². The minimum absolute atomic E-state index is 0.283. The lowest BCUT2D eigenvalue weighted by molar-refractivity contribution is 0.194. The fraction of sp³-hybridized carbons (Fsp3) is 0.579. The van der Waals surface area contributed by atoms with Gasteiger partial charge in [0.15, 0.2) is 0 Å². The normalized spacial score (nSPS) is 25.3. The Morgan fingerprint density at radius 1 is 1.40 bits per heavy atom. The molecule has 0 aliphatic heterocycles. The van der Waals surface area contributed by atoms with Crippen LogP contribution in [0.15, 0.2) is 18.2 Å². The molecule has 0 N–H and O–H groups in total. The molecule has 20 heavy (non-hydrogen) atoms. The SMILES string of the molecule is C#Cc1ccc2c(c1)C(C)(CC)CCC2N(C)CCC. The van der Waals surface area contributed by atoms with Crippen molar-refractivity contribution in [2.45, 2.75) is 57.9 Å². The Balaban J connectivity index is 2.47. The number of benzene rings is 1. The van der Waals surface area contributed by atoms with Crippen LogP contribution in [0.1, 0.15) is 69.2 Å². The van der Waals surface area contributed by atoms with Gasteiger partial charge in [0.2, 0.25) is 0 Å². The molecule has 1 aromatic rings. The summed E-state index contributed by atoms with van der Waals surface area (Å²) < 4.78 is 0. The van der Waals surface area contributed by atoms with Crippen molar-refractivity contribution >= 4 is 0 Å². The zero-order valence-corrected chi connectivity index (χ0v) is 13.4. The van der Waals surface area contributed by atoms with Gasteiger partial charge >= 0.3 is 0 Å². The van der Waals surface area contributed by atoms with Crippen LogP contribution in [0.4, 0.5) is 0 Å². The smallest absolute Gasteiger partial charge is 0.0348 e. The van der Waals surface area contributed by atoms with Gasteiger partial charge in [-0.2, -0.15) is 0 Å². The number of nitrogens with zero attached hydrogens (tertiary/aromatic N) is 1. The van der Waals surface area contributed by atoms with Crippen molar-refractivity contribution in [3.63, 3.8) is 0 Å². The first-order valence-corrected chi connectivity index (χ1v) is 7.87. The first-order chi connectivity index (χ1) is 9.55. The van der Waals surface area contributed by atoms with Gasteiger partial charge in [-0.05, 0) is 68.0 Å². The molecular weight excluding hydrogens is 242 g/mol. The molecule has 1 heteroatoms. The third-order valence-corrected chi connectivity index (χ3v) is 5.09. The van der Waals surface area contributed by atoms with Gasteiger partial charge in [0.1, 0.15) is 0 Å². The van der Waals surface area contributed by atoms with Crippen LogP contribution in [0, 0.1) is 12.3 Å². The van der Waals surface area contributed by atoms with Crippen molar-refractivity contribution in [1.82, 2.24) is 4.90 Å². The summed E-state index contributed by atoms with van der Waals surface area (Å²) in [6, 6.07) is 7.18. The number of rotatable bonds is 4. The third kappa shape index (κ3) is 2.63. The predicted molar refractivity (Wildman–Crippen MR) is 86.9 cm³/mol. The Kier molecular flexibility index (Phi) is 4.55. The molecule has 0 aromatic heterocycles. The highest BCUT2D eigenvalue weighted by atomic mass is 15.1. The molecule has 0 amide bonds. The Bertz CT molecular complexity index is 511. The van der Waals surface area contributed by atoms with E-state index in [9.17, 15) is 0 Å². The fourth-order valence-corrected chi connectivity index (χ4v) is 3.54. The van der Waals surface area contributed by atoms with Crippen LogP contribution in [-0.4, -0.2) is 18.5 Å². The lowest BCUT2D eigenvalue weighted by Gasteiger charge is -2.42. The van der Waals surface area contributed by atoms with Gasteiger partial charge in [-0.1, -0.05) is 32.8 Å². The van der Waals surface area contributed by atoms with Crippen molar-refractivity contribution in [3.05, 3.63) is 34.9 Å². The lowest BCUT2D eigenvalue weighted by Crippen LogP contribution is -2.35. The topological polar surface area (TPSA) is 3.24 Å². The Morgan fingerprint density at radius 3 is 2.75 bits per heavy atom. The van der Waals surface area contributed by atoms with Crippen molar-refractivity contribution in [2.24, 2.45) is 0 Å². The molecule has 0 spiro atoms. The summed E-state index contributed by atoms with van der Waals surface area (Å²) in [6.07, 6.45) is 10.5. The quantitative estimate of drug-likeness (QED) is 0.727. The second-order valence-electron chi connectivity index (χ2n) is 6.40. The molecule has 1 nitrogen and oxygen atoms in total. The molecule has 1 aliphatic carbocycles. The average molecular weight is 269 g/mol. The van der Waals surface area contributed by atoms with E-state index in [4.69, 9.17) is 6.42 Å². The summed E-state index contributed by atoms with van der Waals surface area (Å²) in [4.78, 5) is 2.50. The zero-order valence-electron chi connectivity index (χ0n) is 13.4. The summed E-state index contributed by atoms with van der Waals surface area (Å²) >= 11 is 0. The molecule has 0 fully saturated rings. The summed E-state index contributed by atoms with van der Waals surface area (Å²) in [7, 11) is 2.25. The average Bonchev–Trinajstić information content (AvgIpc) is 2.47. The summed E-state index contributed by atoms with van der Waals surface area (Å²) in [5.74, 6) is 2.79. The van der Waals surface area contributed by atoms with Gasteiger partial charge in [0.25, 0.3) is 0 Å². The molecule has 2 unspecified atom stereocenters. The maximum Gasteiger partial charge on any atom is 0.0348 e. The molecule has 0 saturated heterocycles. The molecule has 108 valence electrons. The summed E-state index contributed by atoms with van der Waals surface area (Å²) in [5, 5.41) is 0. The van der Waals surface area contributed by atoms with Crippen LogP contribution in [0.2, 0.25) is 0 Å². The van der Waals surface area contributed by atoms with Gasteiger partial charge in [0.05, 0.1) is 0 Å². The highest BCUT2D eigenvalue weighted by molar-refractivity contribution is 5.46. The summed E-state index contributed by atoms with van der Waals surface area (Å²) in [5.41, 5.74) is 4.28. The van der Waals surface area contributed by atoms with E-state index in [0.29, 0.717) is 6.04 Å². The first-order valence-electron chi connectivity index (χ1n) is 7.87. The number of hydrogen-bond donors (Lipinski definition) is 0. The Morgan fingerprint density at radius 2 is 2.15 bits per heavy atom. The van der Waals surface area contributed by atoms with Crippen LogP contribution in [-0.2, 0) is 5.41 Å². The van der Waals surface area contributed by atoms with Gasteiger partial charge in [0, 0.05) is 11.6 Å². The molecule has 0 bridgehead atoms. The highest BCUT2D eigenvalue weighted by Crippen LogP contribution is 2.45. The second-order valence-corrected chi connectivity index (χ2v) is 6.40. The van der Waals surface area contributed by atoms with Crippen molar-refractivity contribution in [1.29, 1.82) is 0 Å². The maximum absolute atomic E-state index is 5.59. The third-order valence-electron chi connectivity index (χ3n) is 5.09. The van der Waals surface area contributed by atoms with Crippen LogP contribution < -0.4 is 0 Å². The maximum atomic E-state index is 5.59. The van der Waals surface area contributed by atoms with Gasteiger partial charge in [-0.25, -0.2) is 0 Å². The summed E-state index contributed by atoms with van der Waals surface area (Å²) in [6.45, 7) is 8.09. The van der Waals surface area contributed by atoms with Crippen LogP contribution in [0.25, 0.3) is 0 Å². The number of terminal acetylenes is 1. The molecule has 1 aromatic carbocycles. The van der Waals surface area contributed by atoms with Crippen molar-refractivity contribution in [3.8, 4) is 12.3 Å². The van der Waals surface area contributed by atoms with Crippen LogP contribution in [0.5, 0.6) is 0 Å². The highest BCUT2D eigenvalue weighted by Gasteiger charge is 2.36. The van der Waals surface area contributed by atoms with Crippen LogP contribution in [0.3, 0.4) is 0 Å². The minimum atomic E-state index is 0.283. The van der Waals surface area contributed by atoms with E-state index < -0.39 is 0 Å². The number of fused-ring (bicyclic) bond motifs is 1. The van der Waals surface area contributed by atoms with Crippen molar-refractivity contribution in [2.75, 3.05) is 13.6 Å². The monoisotopic (exact) mass is 269 g/mol. The van der Waals surface area contributed by atoms with E-state index >= 15 is 0 Å². The molecule has 1 aliphatic rings. The predicted octanol–water partition coefficient (Wildman–Crippen LogP) is 4.51.